The first-order valence-electron chi connectivity index (χ1n) is 8.06. The van der Waals surface area contributed by atoms with Gasteiger partial charge in [0.15, 0.2) is 0 Å². The lowest BCUT2D eigenvalue weighted by Gasteiger charge is -2.33. The predicted octanol–water partition coefficient (Wildman–Crippen LogP) is 3.60. The standard InChI is InChI=1S/C18H24FNO2/c1-18(2,3)16(11-5-4-6-12(19)9-11)20-17(21)14-10-13-7-8-15(14)22-13/h4-6,9,13-16H,7-8,10H2,1-3H3,(H,20,21). The Balaban J connectivity index is 1.77. The van der Waals surface area contributed by atoms with E-state index in [9.17, 15) is 9.18 Å². The fourth-order valence-corrected chi connectivity index (χ4v) is 3.65. The second kappa shape index (κ2) is 5.65. The van der Waals surface area contributed by atoms with Crippen LogP contribution in [0.2, 0.25) is 0 Å². The molecule has 0 aliphatic carbocycles. The highest BCUT2D eigenvalue weighted by atomic mass is 19.1. The van der Waals surface area contributed by atoms with Gasteiger partial charge in [-0.15, -0.1) is 0 Å². The van der Waals surface area contributed by atoms with Crippen LogP contribution in [0.3, 0.4) is 0 Å². The number of amides is 1. The van der Waals surface area contributed by atoms with Crippen molar-refractivity contribution in [3.05, 3.63) is 35.6 Å². The minimum absolute atomic E-state index is 0.0383. The molecule has 2 aliphatic heterocycles. The van der Waals surface area contributed by atoms with E-state index >= 15 is 0 Å². The van der Waals surface area contributed by atoms with Crippen LogP contribution in [0.1, 0.15) is 51.6 Å². The number of fused-ring (bicyclic) bond motifs is 2. The molecular weight excluding hydrogens is 281 g/mol. The van der Waals surface area contributed by atoms with Gasteiger partial charge in [-0.3, -0.25) is 4.79 Å². The van der Waals surface area contributed by atoms with E-state index in [2.05, 4.69) is 26.1 Å². The zero-order chi connectivity index (χ0) is 15.9. The van der Waals surface area contributed by atoms with E-state index in [-0.39, 0.29) is 41.3 Å². The molecule has 2 heterocycles. The summed E-state index contributed by atoms with van der Waals surface area (Å²) < 4.78 is 19.3. The molecule has 3 nitrogen and oxygen atoms in total. The topological polar surface area (TPSA) is 38.3 Å². The Morgan fingerprint density at radius 2 is 2.14 bits per heavy atom. The van der Waals surface area contributed by atoms with Gasteiger partial charge in [-0.1, -0.05) is 32.9 Å². The average molecular weight is 305 g/mol. The number of hydrogen-bond donors (Lipinski definition) is 1. The maximum absolute atomic E-state index is 13.5. The van der Waals surface area contributed by atoms with Gasteiger partial charge in [0, 0.05) is 0 Å². The van der Waals surface area contributed by atoms with Gasteiger partial charge < -0.3 is 10.1 Å². The van der Waals surface area contributed by atoms with Gasteiger partial charge in [-0.2, -0.15) is 0 Å². The first-order valence-corrected chi connectivity index (χ1v) is 8.06. The van der Waals surface area contributed by atoms with Crippen LogP contribution in [0.25, 0.3) is 0 Å². The van der Waals surface area contributed by atoms with Crippen molar-refractivity contribution in [1.29, 1.82) is 0 Å². The van der Waals surface area contributed by atoms with Crippen molar-refractivity contribution in [2.75, 3.05) is 0 Å². The SMILES string of the molecule is CC(C)(C)C(NC(=O)C1CC2CCC1O2)c1cccc(F)c1. The van der Waals surface area contributed by atoms with Gasteiger partial charge >= 0.3 is 0 Å². The average Bonchev–Trinajstić information content (AvgIpc) is 3.05. The van der Waals surface area contributed by atoms with Crippen molar-refractivity contribution in [2.24, 2.45) is 11.3 Å². The third-order valence-corrected chi connectivity index (χ3v) is 4.78. The van der Waals surface area contributed by atoms with Crippen molar-refractivity contribution >= 4 is 5.91 Å². The first kappa shape index (κ1) is 15.5. The number of carbonyl (C=O) groups is 1. The third-order valence-electron chi connectivity index (χ3n) is 4.78. The third kappa shape index (κ3) is 3.02. The number of ether oxygens (including phenoxy) is 1. The van der Waals surface area contributed by atoms with E-state index in [1.165, 1.54) is 12.1 Å². The predicted molar refractivity (Wildman–Crippen MR) is 82.7 cm³/mol. The molecule has 4 heteroatoms. The zero-order valence-electron chi connectivity index (χ0n) is 13.4. The Morgan fingerprint density at radius 1 is 1.36 bits per heavy atom. The molecule has 2 bridgehead atoms. The Kier molecular flexibility index (Phi) is 3.98. The highest BCUT2D eigenvalue weighted by Gasteiger charge is 2.45. The Labute approximate surface area is 131 Å². The van der Waals surface area contributed by atoms with E-state index in [1.807, 2.05) is 6.07 Å². The molecule has 3 rings (SSSR count). The lowest BCUT2D eigenvalue weighted by atomic mass is 9.81. The van der Waals surface area contributed by atoms with Gasteiger partial charge in [-0.25, -0.2) is 4.39 Å². The fourth-order valence-electron chi connectivity index (χ4n) is 3.65. The number of benzene rings is 1. The van der Waals surface area contributed by atoms with Crippen LogP contribution in [0, 0.1) is 17.2 Å². The van der Waals surface area contributed by atoms with Crippen LogP contribution < -0.4 is 5.32 Å². The Hall–Kier alpha value is -1.42. The molecule has 1 amide bonds. The van der Waals surface area contributed by atoms with Crippen LogP contribution >= 0.6 is 0 Å². The Bertz CT molecular complexity index is 566. The molecule has 1 aromatic carbocycles. The summed E-state index contributed by atoms with van der Waals surface area (Å²) in [5.74, 6) is -0.294. The lowest BCUT2D eigenvalue weighted by molar-refractivity contribution is -0.128. The summed E-state index contributed by atoms with van der Waals surface area (Å²) in [6.45, 7) is 6.17. The van der Waals surface area contributed by atoms with Gasteiger partial charge in [0.05, 0.1) is 24.2 Å². The summed E-state index contributed by atoms with van der Waals surface area (Å²) in [5.41, 5.74) is 0.618. The second-order valence-corrected chi connectivity index (χ2v) is 7.58. The van der Waals surface area contributed by atoms with Gasteiger partial charge in [0.1, 0.15) is 5.82 Å². The molecule has 22 heavy (non-hydrogen) atoms. The molecule has 2 saturated heterocycles. The normalized spacial score (nSPS) is 28.6. The Morgan fingerprint density at radius 3 is 2.68 bits per heavy atom. The monoisotopic (exact) mass is 305 g/mol. The van der Waals surface area contributed by atoms with E-state index in [0.717, 1.165) is 24.8 Å². The highest BCUT2D eigenvalue weighted by Crippen LogP contribution is 2.40. The summed E-state index contributed by atoms with van der Waals surface area (Å²) in [6, 6.07) is 6.28. The zero-order valence-corrected chi connectivity index (χ0v) is 13.4. The summed E-state index contributed by atoms with van der Waals surface area (Å²) in [6.07, 6.45) is 3.18. The van der Waals surface area contributed by atoms with E-state index < -0.39 is 0 Å². The highest BCUT2D eigenvalue weighted by molar-refractivity contribution is 5.80. The maximum atomic E-state index is 13.5. The largest absolute Gasteiger partial charge is 0.374 e. The molecule has 1 N–H and O–H groups in total. The molecule has 0 aromatic heterocycles. The quantitative estimate of drug-likeness (QED) is 0.926. The summed E-state index contributed by atoms with van der Waals surface area (Å²) in [4.78, 5) is 12.7. The molecule has 2 fully saturated rings. The lowest BCUT2D eigenvalue weighted by Crippen LogP contribution is -2.42. The number of hydrogen-bond acceptors (Lipinski definition) is 2. The van der Waals surface area contributed by atoms with Crippen LogP contribution in [0.15, 0.2) is 24.3 Å². The second-order valence-electron chi connectivity index (χ2n) is 7.58. The van der Waals surface area contributed by atoms with Gasteiger partial charge in [0.25, 0.3) is 0 Å². The van der Waals surface area contributed by atoms with E-state index in [4.69, 9.17) is 4.74 Å². The van der Waals surface area contributed by atoms with Crippen LogP contribution in [0.4, 0.5) is 4.39 Å². The van der Waals surface area contributed by atoms with Gasteiger partial charge in [-0.05, 0) is 42.4 Å². The summed E-state index contributed by atoms with van der Waals surface area (Å²) in [5, 5.41) is 3.14. The van der Waals surface area contributed by atoms with Crippen molar-refractivity contribution in [3.8, 4) is 0 Å². The molecule has 2 aliphatic rings. The molecular formula is C18H24FNO2. The molecule has 0 spiro atoms. The number of carbonyl (C=O) groups excluding carboxylic acids is 1. The maximum Gasteiger partial charge on any atom is 0.226 e. The number of nitrogens with one attached hydrogen (secondary N) is 1. The van der Waals surface area contributed by atoms with Crippen molar-refractivity contribution in [2.45, 2.75) is 58.3 Å². The molecule has 0 radical (unpaired) electrons. The minimum atomic E-state index is -0.274. The number of halogens is 1. The van der Waals surface area contributed by atoms with Gasteiger partial charge in [0.2, 0.25) is 5.91 Å². The molecule has 4 unspecified atom stereocenters. The molecule has 1 aromatic rings. The fraction of sp³-hybridized carbons (Fsp3) is 0.611. The smallest absolute Gasteiger partial charge is 0.226 e. The van der Waals surface area contributed by atoms with Crippen LogP contribution in [-0.4, -0.2) is 18.1 Å². The van der Waals surface area contributed by atoms with Crippen LogP contribution in [0.5, 0.6) is 0 Å². The summed E-state index contributed by atoms with van der Waals surface area (Å²) >= 11 is 0. The number of rotatable bonds is 3. The van der Waals surface area contributed by atoms with Crippen molar-refractivity contribution in [3.63, 3.8) is 0 Å². The van der Waals surface area contributed by atoms with Crippen molar-refractivity contribution < 1.29 is 13.9 Å². The summed E-state index contributed by atoms with van der Waals surface area (Å²) in [7, 11) is 0. The molecule has 120 valence electrons. The van der Waals surface area contributed by atoms with E-state index in [1.54, 1.807) is 6.07 Å². The molecule has 0 saturated carbocycles. The van der Waals surface area contributed by atoms with Crippen molar-refractivity contribution in [1.82, 2.24) is 5.32 Å². The van der Waals surface area contributed by atoms with E-state index in [0.29, 0.717) is 0 Å². The minimum Gasteiger partial charge on any atom is -0.374 e. The van der Waals surface area contributed by atoms with Crippen LogP contribution in [-0.2, 0) is 9.53 Å². The first-order chi connectivity index (χ1) is 10.3. The molecule has 4 atom stereocenters.